The highest BCUT2D eigenvalue weighted by Crippen LogP contribution is 2.43. The van der Waals surface area contributed by atoms with Crippen LogP contribution in [0.3, 0.4) is 0 Å². The molecule has 1 aromatic carbocycles. The van der Waals surface area contributed by atoms with Gasteiger partial charge in [-0.2, -0.15) is 23.0 Å². The van der Waals surface area contributed by atoms with Gasteiger partial charge in [-0.1, -0.05) is 12.1 Å². The number of amides is 1. The fourth-order valence-corrected chi connectivity index (χ4v) is 8.13. The Hall–Kier alpha value is -4.50. The van der Waals surface area contributed by atoms with Crippen LogP contribution in [0.2, 0.25) is 0 Å². The number of nitrogens with two attached hydrogens (primary N) is 1. The second-order valence-electron chi connectivity index (χ2n) is 14.2. The van der Waals surface area contributed by atoms with Crippen molar-refractivity contribution in [1.29, 1.82) is 0 Å². The lowest BCUT2D eigenvalue weighted by Crippen LogP contribution is -2.31. The molecule has 0 saturated carbocycles. The van der Waals surface area contributed by atoms with E-state index in [0.717, 1.165) is 71.5 Å². The number of ether oxygens (including phenoxy) is 1. The number of primary amides is 1. The third-order valence-corrected chi connectivity index (χ3v) is 10.2. The molecule has 1 atom stereocenters. The Kier molecular flexibility index (Phi) is 8.17. The molecule has 5 aromatic rings. The molecule has 2 N–H and O–H groups in total. The predicted molar refractivity (Wildman–Crippen MR) is 180 cm³/mol. The van der Waals surface area contributed by atoms with Crippen LogP contribution in [0.25, 0.3) is 21.1 Å². The van der Waals surface area contributed by atoms with Crippen molar-refractivity contribution in [2.24, 2.45) is 11.1 Å². The number of thiophene rings is 1. The molecule has 7 rings (SSSR count). The SMILES string of the molecule is CC(C)(C)OC(=O)n1cc(Cn2c(C(N)=O)cc3ccc(CN4CCC5(CCN(c6ncnc7sc(CC(F)(F)F)cc67)C5)C4)cc32)cn1. The molecule has 2 saturated heterocycles. The fourth-order valence-electron chi connectivity index (χ4n) is 7.11. The summed E-state index contributed by atoms with van der Waals surface area (Å²) in [7, 11) is 0. The minimum atomic E-state index is -4.27. The standard InChI is InChI=1S/C34H37F3N8O3S/c1-32(2,3)48-31(47)45-17-22(14-41-45)16-44-26-10-21(4-5-23(26)11-27(44)28(38)46)15-42-8-6-33(18-42)7-9-43(19-33)29-25-12-24(13-34(35,36)37)49-30(25)40-20-39-29/h4-5,10-12,14,17,20H,6-9,13,15-16,18-19H2,1-3H3,(H2,38,46). The highest BCUT2D eigenvalue weighted by atomic mass is 32.1. The number of alkyl halides is 3. The van der Waals surface area contributed by atoms with E-state index in [1.54, 1.807) is 45.3 Å². The molecule has 2 aliphatic rings. The van der Waals surface area contributed by atoms with Gasteiger partial charge in [0, 0.05) is 59.1 Å². The maximum atomic E-state index is 13.1. The third kappa shape index (κ3) is 6.99. The summed E-state index contributed by atoms with van der Waals surface area (Å²) in [6, 6.07) is 9.52. The molecule has 4 aromatic heterocycles. The smallest absolute Gasteiger partial charge is 0.435 e. The number of likely N-dealkylation sites (tertiary alicyclic amines) is 1. The van der Waals surface area contributed by atoms with Gasteiger partial charge in [0.1, 0.15) is 28.3 Å². The summed E-state index contributed by atoms with van der Waals surface area (Å²) in [5.74, 6) is 0.155. The summed E-state index contributed by atoms with van der Waals surface area (Å²) in [6.45, 7) is 9.71. The first kappa shape index (κ1) is 33.0. The summed E-state index contributed by atoms with van der Waals surface area (Å²) in [6.07, 6.45) is 0.758. The maximum Gasteiger partial charge on any atom is 0.435 e. The van der Waals surface area contributed by atoms with Crippen LogP contribution in [0, 0.1) is 5.41 Å². The summed E-state index contributed by atoms with van der Waals surface area (Å²) in [4.78, 5) is 39.2. The fraction of sp³-hybridized carbons (Fsp3) is 0.441. The molecule has 2 aliphatic heterocycles. The molecular weight excluding hydrogens is 657 g/mol. The highest BCUT2D eigenvalue weighted by Gasteiger charge is 2.44. The second kappa shape index (κ2) is 12.1. The largest absolute Gasteiger partial charge is 0.442 e. The lowest BCUT2D eigenvalue weighted by molar-refractivity contribution is -0.126. The number of anilines is 1. The minimum absolute atomic E-state index is 0.0554. The lowest BCUT2D eigenvalue weighted by atomic mass is 9.86. The molecule has 1 unspecified atom stereocenters. The van der Waals surface area contributed by atoms with E-state index in [1.165, 1.54) is 6.33 Å². The third-order valence-electron chi connectivity index (χ3n) is 9.17. The molecule has 0 aliphatic carbocycles. The summed E-state index contributed by atoms with van der Waals surface area (Å²) in [5, 5.41) is 5.73. The number of rotatable bonds is 7. The average molecular weight is 695 g/mol. The normalized spacial score (nSPS) is 18.8. The Bertz CT molecular complexity index is 2060. The monoisotopic (exact) mass is 694 g/mol. The molecule has 6 heterocycles. The number of halogens is 3. The first-order valence-electron chi connectivity index (χ1n) is 16.1. The van der Waals surface area contributed by atoms with Gasteiger partial charge in [-0.25, -0.2) is 14.8 Å². The molecule has 49 heavy (non-hydrogen) atoms. The average Bonchev–Trinajstić information content (AvgIpc) is 3.83. The zero-order valence-electron chi connectivity index (χ0n) is 27.5. The minimum Gasteiger partial charge on any atom is -0.442 e. The number of aromatic nitrogens is 5. The van der Waals surface area contributed by atoms with Crippen molar-refractivity contribution in [3.63, 3.8) is 0 Å². The van der Waals surface area contributed by atoms with Crippen LogP contribution < -0.4 is 10.6 Å². The number of hydrogen-bond acceptors (Lipinski definition) is 9. The van der Waals surface area contributed by atoms with Crippen LogP contribution >= 0.6 is 11.3 Å². The van der Waals surface area contributed by atoms with Gasteiger partial charge in [0.15, 0.2) is 0 Å². The van der Waals surface area contributed by atoms with E-state index in [1.807, 2.05) is 10.6 Å². The number of hydrogen-bond donors (Lipinski definition) is 1. The Balaban J connectivity index is 1.06. The van der Waals surface area contributed by atoms with Crippen molar-refractivity contribution in [1.82, 2.24) is 29.2 Å². The number of benzene rings is 1. The predicted octanol–water partition coefficient (Wildman–Crippen LogP) is 5.98. The first-order chi connectivity index (χ1) is 23.1. The van der Waals surface area contributed by atoms with Gasteiger partial charge in [0.2, 0.25) is 0 Å². The first-order valence-corrected chi connectivity index (χ1v) is 16.9. The molecule has 15 heteroatoms. The Labute approximate surface area is 284 Å². The lowest BCUT2D eigenvalue weighted by Gasteiger charge is -2.25. The summed E-state index contributed by atoms with van der Waals surface area (Å²) < 4.78 is 47.6. The zero-order chi connectivity index (χ0) is 34.7. The van der Waals surface area contributed by atoms with Crippen molar-refractivity contribution in [2.45, 2.75) is 64.9 Å². The van der Waals surface area contributed by atoms with Gasteiger partial charge >= 0.3 is 12.3 Å². The maximum absolute atomic E-state index is 13.1. The molecule has 258 valence electrons. The highest BCUT2D eigenvalue weighted by molar-refractivity contribution is 7.18. The van der Waals surface area contributed by atoms with Gasteiger partial charge < -0.3 is 19.9 Å². The van der Waals surface area contributed by atoms with E-state index in [0.29, 0.717) is 33.8 Å². The Morgan fingerprint density at radius 2 is 1.82 bits per heavy atom. The van der Waals surface area contributed by atoms with Crippen LogP contribution in [0.4, 0.5) is 23.8 Å². The van der Waals surface area contributed by atoms with Crippen molar-refractivity contribution in [3.05, 3.63) is 70.8 Å². The molecule has 1 spiro atoms. The number of carbonyl (C=O) groups excluding carboxylic acids is 2. The van der Waals surface area contributed by atoms with E-state index in [-0.39, 0.29) is 16.8 Å². The van der Waals surface area contributed by atoms with Crippen LogP contribution in [0.5, 0.6) is 0 Å². The molecule has 2 fully saturated rings. The van der Waals surface area contributed by atoms with Crippen LogP contribution in [0.15, 0.2) is 49.1 Å². The number of carbonyl (C=O) groups is 2. The Morgan fingerprint density at radius 1 is 1.02 bits per heavy atom. The van der Waals surface area contributed by atoms with E-state index >= 15 is 0 Å². The summed E-state index contributed by atoms with van der Waals surface area (Å²) >= 11 is 1.08. The molecule has 11 nitrogen and oxygen atoms in total. The summed E-state index contributed by atoms with van der Waals surface area (Å²) in [5.41, 5.74) is 8.19. The van der Waals surface area contributed by atoms with E-state index < -0.39 is 30.2 Å². The van der Waals surface area contributed by atoms with Crippen LogP contribution in [-0.4, -0.2) is 79.2 Å². The number of fused-ring (bicyclic) bond motifs is 2. The molecule has 0 bridgehead atoms. The molecule has 0 radical (unpaired) electrons. The molecular formula is C34H37F3N8O3S. The van der Waals surface area contributed by atoms with Crippen molar-refractivity contribution in [3.8, 4) is 0 Å². The number of nitrogens with zero attached hydrogens (tertiary/aromatic N) is 7. The van der Waals surface area contributed by atoms with Crippen molar-refractivity contribution >= 4 is 50.3 Å². The van der Waals surface area contributed by atoms with Crippen LogP contribution in [0.1, 0.15) is 60.1 Å². The van der Waals surface area contributed by atoms with Crippen LogP contribution in [-0.2, 0) is 24.2 Å². The quantitative estimate of drug-likeness (QED) is 0.221. The molecule has 1 amide bonds. The van der Waals surface area contributed by atoms with Crippen molar-refractivity contribution in [2.75, 3.05) is 31.1 Å². The van der Waals surface area contributed by atoms with E-state index in [4.69, 9.17) is 10.5 Å². The van der Waals surface area contributed by atoms with Gasteiger partial charge in [-0.15, -0.1) is 11.3 Å². The van der Waals surface area contributed by atoms with E-state index in [9.17, 15) is 22.8 Å². The van der Waals surface area contributed by atoms with Gasteiger partial charge in [-0.3, -0.25) is 9.69 Å². The van der Waals surface area contributed by atoms with Gasteiger partial charge in [0.25, 0.3) is 5.91 Å². The zero-order valence-corrected chi connectivity index (χ0v) is 28.3. The Morgan fingerprint density at radius 3 is 2.57 bits per heavy atom. The van der Waals surface area contributed by atoms with Gasteiger partial charge in [0.05, 0.1) is 24.5 Å². The van der Waals surface area contributed by atoms with Crippen molar-refractivity contribution < 1.29 is 27.5 Å². The van der Waals surface area contributed by atoms with Gasteiger partial charge in [-0.05, 0) is 63.9 Å². The second-order valence-corrected chi connectivity index (χ2v) is 15.3. The topological polar surface area (TPSA) is 124 Å². The van der Waals surface area contributed by atoms with E-state index in [2.05, 4.69) is 37.0 Å².